The lowest BCUT2D eigenvalue weighted by Gasteiger charge is -2.18. The third kappa shape index (κ3) is 9.12. The minimum absolute atomic E-state index is 0.130. The van der Waals surface area contributed by atoms with E-state index in [0.29, 0.717) is 24.8 Å². The summed E-state index contributed by atoms with van der Waals surface area (Å²) < 4.78 is 0. The van der Waals surface area contributed by atoms with Crippen LogP contribution in [0.15, 0.2) is 0 Å². The van der Waals surface area contributed by atoms with E-state index in [9.17, 15) is 4.79 Å². The van der Waals surface area contributed by atoms with E-state index >= 15 is 0 Å². The van der Waals surface area contributed by atoms with E-state index in [2.05, 4.69) is 31.0 Å². The van der Waals surface area contributed by atoms with Crippen LogP contribution in [0.1, 0.15) is 33.6 Å². The summed E-state index contributed by atoms with van der Waals surface area (Å²) in [5.74, 6) is 1.05. The second-order valence-electron chi connectivity index (χ2n) is 5.18. The maximum absolute atomic E-state index is 11.7. The van der Waals surface area contributed by atoms with E-state index in [4.69, 9.17) is 5.73 Å². The summed E-state index contributed by atoms with van der Waals surface area (Å²) in [4.78, 5) is 13.9. The van der Waals surface area contributed by atoms with Gasteiger partial charge in [-0.2, -0.15) is 0 Å². The average molecular weight is 243 g/mol. The molecule has 17 heavy (non-hydrogen) atoms. The summed E-state index contributed by atoms with van der Waals surface area (Å²) in [7, 11) is 2.05. The summed E-state index contributed by atoms with van der Waals surface area (Å²) in [6.45, 7) is 9.67. The van der Waals surface area contributed by atoms with Gasteiger partial charge in [-0.3, -0.25) is 4.79 Å². The van der Waals surface area contributed by atoms with Crippen molar-refractivity contribution in [1.29, 1.82) is 0 Å². The third-order valence-corrected chi connectivity index (χ3v) is 2.97. The molecule has 0 aromatic carbocycles. The van der Waals surface area contributed by atoms with Crippen LogP contribution in [0, 0.1) is 11.8 Å². The fourth-order valence-electron chi connectivity index (χ4n) is 1.81. The predicted molar refractivity (Wildman–Crippen MR) is 72.8 cm³/mol. The number of nitrogens with zero attached hydrogens (tertiary/aromatic N) is 1. The molecule has 0 aliphatic rings. The summed E-state index contributed by atoms with van der Waals surface area (Å²) in [6, 6.07) is 0. The Bertz CT molecular complexity index is 207. The van der Waals surface area contributed by atoms with Crippen molar-refractivity contribution in [2.45, 2.75) is 33.6 Å². The van der Waals surface area contributed by atoms with E-state index in [1.54, 1.807) is 0 Å². The van der Waals surface area contributed by atoms with Gasteiger partial charge in [-0.15, -0.1) is 0 Å². The lowest BCUT2D eigenvalue weighted by molar-refractivity contribution is -0.122. The maximum atomic E-state index is 11.7. The Morgan fingerprint density at radius 2 is 2.06 bits per heavy atom. The molecule has 0 aromatic heterocycles. The molecular weight excluding hydrogens is 214 g/mol. The molecule has 0 radical (unpaired) electrons. The van der Waals surface area contributed by atoms with Crippen molar-refractivity contribution < 1.29 is 4.79 Å². The highest BCUT2D eigenvalue weighted by Crippen LogP contribution is 2.13. The summed E-state index contributed by atoms with van der Waals surface area (Å²) >= 11 is 0. The number of nitrogens with one attached hydrogen (secondary N) is 1. The van der Waals surface area contributed by atoms with E-state index in [0.717, 1.165) is 26.1 Å². The number of rotatable bonds is 9. The standard InChI is InChI=1S/C13H29N3O/c1-5-16(4)7-6-15-13(17)9-12(10-14)8-11(2)3/h11-12H,5-10,14H2,1-4H3,(H,15,17)/t12-/m0/s1. The smallest absolute Gasteiger partial charge is 0.220 e. The van der Waals surface area contributed by atoms with Gasteiger partial charge in [-0.25, -0.2) is 0 Å². The normalized spacial score (nSPS) is 13.1. The van der Waals surface area contributed by atoms with Crippen LogP contribution in [0.4, 0.5) is 0 Å². The Morgan fingerprint density at radius 1 is 1.41 bits per heavy atom. The number of likely N-dealkylation sites (N-methyl/N-ethyl adjacent to an activating group) is 1. The highest BCUT2D eigenvalue weighted by atomic mass is 16.1. The molecule has 1 atom stereocenters. The number of nitrogens with two attached hydrogens (primary N) is 1. The van der Waals surface area contributed by atoms with Crippen molar-refractivity contribution in [1.82, 2.24) is 10.2 Å². The fraction of sp³-hybridized carbons (Fsp3) is 0.923. The van der Waals surface area contributed by atoms with Crippen LogP contribution < -0.4 is 11.1 Å². The molecule has 0 rings (SSSR count). The van der Waals surface area contributed by atoms with Gasteiger partial charge in [0.2, 0.25) is 5.91 Å². The topological polar surface area (TPSA) is 58.4 Å². The minimum Gasteiger partial charge on any atom is -0.355 e. The van der Waals surface area contributed by atoms with Gasteiger partial charge in [0.05, 0.1) is 0 Å². The molecule has 0 aromatic rings. The van der Waals surface area contributed by atoms with E-state index < -0.39 is 0 Å². The van der Waals surface area contributed by atoms with E-state index in [-0.39, 0.29) is 5.91 Å². The van der Waals surface area contributed by atoms with E-state index in [1.165, 1.54) is 0 Å². The summed E-state index contributed by atoms with van der Waals surface area (Å²) in [6.07, 6.45) is 1.59. The molecule has 4 nitrogen and oxygen atoms in total. The van der Waals surface area contributed by atoms with E-state index in [1.807, 2.05) is 7.05 Å². The Morgan fingerprint density at radius 3 is 2.53 bits per heavy atom. The molecule has 4 heteroatoms. The number of carbonyl (C=O) groups excluding carboxylic acids is 1. The second kappa shape index (κ2) is 9.42. The molecule has 0 saturated heterocycles. The van der Waals surface area contributed by atoms with Gasteiger partial charge in [0.1, 0.15) is 0 Å². The lowest BCUT2D eigenvalue weighted by atomic mass is 9.94. The molecule has 0 unspecified atom stereocenters. The molecule has 0 aliphatic heterocycles. The monoisotopic (exact) mass is 243 g/mol. The largest absolute Gasteiger partial charge is 0.355 e. The van der Waals surface area contributed by atoms with Gasteiger partial charge in [-0.1, -0.05) is 20.8 Å². The first kappa shape index (κ1) is 16.4. The quantitative estimate of drug-likeness (QED) is 0.637. The first-order valence-electron chi connectivity index (χ1n) is 6.64. The van der Waals surface area contributed by atoms with Crippen molar-refractivity contribution in [2.24, 2.45) is 17.6 Å². The molecule has 3 N–H and O–H groups in total. The highest BCUT2D eigenvalue weighted by Gasteiger charge is 2.13. The minimum atomic E-state index is 0.130. The fourth-order valence-corrected chi connectivity index (χ4v) is 1.81. The Kier molecular flexibility index (Phi) is 9.09. The second-order valence-corrected chi connectivity index (χ2v) is 5.18. The molecule has 1 amide bonds. The van der Waals surface area contributed by atoms with Crippen LogP contribution in [0.2, 0.25) is 0 Å². The molecular formula is C13H29N3O. The first-order chi connectivity index (χ1) is 7.99. The van der Waals surface area contributed by atoms with Crippen molar-refractivity contribution >= 4 is 5.91 Å². The molecule has 0 bridgehead atoms. The summed E-state index contributed by atoms with van der Waals surface area (Å²) in [5.41, 5.74) is 5.68. The Hall–Kier alpha value is -0.610. The zero-order valence-electron chi connectivity index (χ0n) is 11.8. The van der Waals surface area contributed by atoms with Gasteiger partial charge in [0, 0.05) is 19.5 Å². The van der Waals surface area contributed by atoms with Crippen LogP contribution in [0.25, 0.3) is 0 Å². The lowest BCUT2D eigenvalue weighted by Crippen LogP contribution is -2.34. The first-order valence-corrected chi connectivity index (χ1v) is 6.64. The SMILES string of the molecule is CCN(C)CCNC(=O)C[C@@H](CN)CC(C)C. The van der Waals surface area contributed by atoms with Crippen LogP contribution in [0.5, 0.6) is 0 Å². The van der Waals surface area contributed by atoms with Crippen LogP contribution in [-0.2, 0) is 4.79 Å². The molecule has 0 heterocycles. The van der Waals surface area contributed by atoms with Crippen LogP contribution in [-0.4, -0.2) is 44.0 Å². The van der Waals surface area contributed by atoms with Crippen molar-refractivity contribution in [3.8, 4) is 0 Å². The number of hydrogen-bond donors (Lipinski definition) is 2. The average Bonchev–Trinajstić information content (AvgIpc) is 2.27. The molecule has 0 spiro atoms. The number of hydrogen-bond acceptors (Lipinski definition) is 3. The Balaban J connectivity index is 3.75. The van der Waals surface area contributed by atoms with Crippen LogP contribution in [0.3, 0.4) is 0 Å². The molecule has 0 saturated carbocycles. The number of carbonyl (C=O) groups is 1. The molecule has 0 aliphatic carbocycles. The zero-order chi connectivity index (χ0) is 13.3. The zero-order valence-corrected chi connectivity index (χ0v) is 11.8. The van der Waals surface area contributed by atoms with Gasteiger partial charge in [0.25, 0.3) is 0 Å². The maximum Gasteiger partial charge on any atom is 0.220 e. The highest BCUT2D eigenvalue weighted by molar-refractivity contribution is 5.76. The third-order valence-electron chi connectivity index (χ3n) is 2.97. The van der Waals surface area contributed by atoms with Crippen LogP contribution >= 0.6 is 0 Å². The van der Waals surface area contributed by atoms with Crippen molar-refractivity contribution in [3.05, 3.63) is 0 Å². The Labute approximate surface area is 106 Å². The van der Waals surface area contributed by atoms with Gasteiger partial charge < -0.3 is 16.0 Å². The van der Waals surface area contributed by atoms with Gasteiger partial charge in [-0.05, 0) is 38.4 Å². The van der Waals surface area contributed by atoms with Gasteiger partial charge >= 0.3 is 0 Å². The number of amides is 1. The summed E-state index contributed by atoms with van der Waals surface area (Å²) in [5, 5.41) is 2.95. The molecule has 0 fully saturated rings. The van der Waals surface area contributed by atoms with Crippen molar-refractivity contribution in [3.63, 3.8) is 0 Å². The predicted octanol–water partition coefficient (Wildman–Crippen LogP) is 1.07. The van der Waals surface area contributed by atoms with Gasteiger partial charge in [0.15, 0.2) is 0 Å². The van der Waals surface area contributed by atoms with Crippen molar-refractivity contribution in [2.75, 3.05) is 33.2 Å². The molecule has 102 valence electrons.